The topological polar surface area (TPSA) is 71.3 Å². The highest BCUT2D eigenvalue weighted by Gasteiger charge is 2.32. The van der Waals surface area contributed by atoms with Crippen molar-refractivity contribution in [2.24, 2.45) is 0 Å². The van der Waals surface area contributed by atoms with Crippen molar-refractivity contribution in [3.8, 4) is 29.4 Å². The highest BCUT2D eigenvalue weighted by molar-refractivity contribution is 5.76. The molecule has 0 bridgehead atoms. The second-order valence-corrected chi connectivity index (χ2v) is 4.48. The Kier molecular flexibility index (Phi) is 7.44. The standard InChI is InChI=1S/C16H15F3N2O3/c1-2-3-10-23-13-6-4-12(5-7-15(22)21-9-8-20)11-14(13)24-16(17,18)19/h4,6,11H,5,7,9-10H2,1H3,(H,21,22). The number of hydrogen-bond donors (Lipinski definition) is 1. The van der Waals surface area contributed by atoms with Crippen LogP contribution in [0.5, 0.6) is 11.5 Å². The van der Waals surface area contributed by atoms with E-state index in [2.05, 4.69) is 21.9 Å². The number of aryl methyl sites for hydroxylation is 1. The summed E-state index contributed by atoms with van der Waals surface area (Å²) in [6.45, 7) is 1.39. The number of benzene rings is 1. The largest absolute Gasteiger partial charge is 0.573 e. The molecule has 1 rings (SSSR count). The van der Waals surface area contributed by atoms with Gasteiger partial charge in [0.1, 0.15) is 13.2 Å². The zero-order valence-electron chi connectivity index (χ0n) is 12.9. The molecule has 1 aromatic carbocycles. The molecule has 128 valence electrons. The van der Waals surface area contributed by atoms with Gasteiger partial charge in [-0.25, -0.2) is 0 Å². The van der Waals surface area contributed by atoms with Crippen molar-refractivity contribution in [2.45, 2.75) is 26.1 Å². The highest BCUT2D eigenvalue weighted by Crippen LogP contribution is 2.33. The third kappa shape index (κ3) is 7.41. The molecule has 0 aliphatic heterocycles. The maximum absolute atomic E-state index is 12.5. The van der Waals surface area contributed by atoms with Crippen molar-refractivity contribution >= 4 is 5.91 Å². The monoisotopic (exact) mass is 340 g/mol. The maximum atomic E-state index is 12.5. The molecule has 0 unspecified atom stereocenters. The minimum Gasteiger partial charge on any atom is -0.477 e. The molecular weight excluding hydrogens is 325 g/mol. The van der Waals surface area contributed by atoms with Crippen molar-refractivity contribution in [1.29, 1.82) is 5.26 Å². The third-order valence-electron chi connectivity index (χ3n) is 2.72. The molecule has 1 N–H and O–H groups in total. The molecule has 0 saturated heterocycles. The molecule has 0 radical (unpaired) electrons. The van der Waals surface area contributed by atoms with Crippen molar-refractivity contribution in [1.82, 2.24) is 5.32 Å². The Hall–Kier alpha value is -2.87. The minimum atomic E-state index is -4.86. The number of alkyl halides is 3. The quantitative estimate of drug-likeness (QED) is 0.612. The number of nitrogens with one attached hydrogen (secondary N) is 1. The molecule has 0 heterocycles. The zero-order valence-corrected chi connectivity index (χ0v) is 12.9. The lowest BCUT2D eigenvalue weighted by molar-refractivity contribution is -0.275. The van der Waals surface area contributed by atoms with Gasteiger partial charge in [-0.2, -0.15) is 5.26 Å². The van der Waals surface area contributed by atoms with E-state index in [0.29, 0.717) is 5.56 Å². The SMILES string of the molecule is CC#CCOc1ccc(CCC(=O)NCC#N)cc1OC(F)(F)F. The number of carbonyl (C=O) groups is 1. The Morgan fingerprint density at radius 2 is 2.08 bits per heavy atom. The van der Waals surface area contributed by atoms with Gasteiger partial charge in [-0.3, -0.25) is 4.79 Å². The molecule has 0 aliphatic carbocycles. The predicted molar refractivity (Wildman–Crippen MR) is 79.0 cm³/mol. The van der Waals surface area contributed by atoms with Crippen LogP contribution < -0.4 is 14.8 Å². The molecule has 0 saturated carbocycles. The second-order valence-electron chi connectivity index (χ2n) is 4.48. The van der Waals surface area contributed by atoms with Crippen LogP contribution in [-0.4, -0.2) is 25.4 Å². The van der Waals surface area contributed by atoms with E-state index in [4.69, 9.17) is 10.00 Å². The van der Waals surface area contributed by atoms with E-state index in [9.17, 15) is 18.0 Å². The molecule has 1 amide bonds. The van der Waals surface area contributed by atoms with E-state index < -0.39 is 12.1 Å². The van der Waals surface area contributed by atoms with Crippen LogP contribution in [0.15, 0.2) is 18.2 Å². The van der Waals surface area contributed by atoms with Gasteiger partial charge in [0.2, 0.25) is 5.91 Å². The Labute approximate surface area is 137 Å². The summed E-state index contributed by atoms with van der Waals surface area (Å²) in [6.07, 6.45) is -4.63. The molecule has 0 aliphatic rings. The number of hydrogen-bond acceptors (Lipinski definition) is 4. The molecule has 0 fully saturated rings. The van der Waals surface area contributed by atoms with Gasteiger partial charge in [0, 0.05) is 6.42 Å². The lowest BCUT2D eigenvalue weighted by Gasteiger charge is -2.14. The predicted octanol–water partition coefficient (Wildman–Crippen LogP) is 2.56. The fraction of sp³-hybridized carbons (Fsp3) is 0.375. The Morgan fingerprint density at radius 1 is 1.33 bits per heavy atom. The summed E-state index contributed by atoms with van der Waals surface area (Å²) in [5, 5.41) is 10.7. The van der Waals surface area contributed by atoms with Gasteiger partial charge in [-0.15, -0.1) is 19.1 Å². The van der Waals surface area contributed by atoms with Crippen molar-refractivity contribution in [3.05, 3.63) is 23.8 Å². The molecular formula is C16H15F3N2O3. The second kappa shape index (κ2) is 9.31. The zero-order chi connectivity index (χ0) is 18.0. The number of carbonyl (C=O) groups excluding carboxylic acids is 1. The molecule has 8 heteroatoms. The lowest BCUT2D eigenvalue weighted by Crippen LogP contribution is -2.23. The summed E-state index contributed by atoms with van der Waals surface area (Å²) in [6, 6.07) is 5.80. The van der Waals surface area contributed by atoms with Gasteiger partial charge in [-0.05, 0) is 31.0 Å². The Morgan fingerprint density at radius 3 is 2.71 bits per heavy atom. The first-order valence-corrected chi connectivity index (χ1v) is 6.90. The van der Waals surface area contributed by atoms with Crippen LogP contribution in [-0.2, 0) is 11.2 Å². The normalized spacial score (nSPS) is 10.1. The summed E-state index contributed by atoms with van der Waals surface area (Å²) in [7, 11) is 0. The van der Waals surface area contributed by atoms with Gasteiger partial charge in [0.25, 0.3) is 0 Å². The average Bonchev–Trinajstić information content (AvgIpc) is 2.51. The smallest absolute Gasteiger partial charge is 0.477 e. The number of ether oxygens (including phenoxy) is 2. The van der Waals surface area contributed by atoms with Gasteiger partial charge in [0.05, 0.1) is 6.07 Å². The number of halogens is 3. The van der Waals surface area contributed by atoms with Crippen LogP contribution in [0.25, 0.3) is 0 Å². The fourth-order valence-electron chi connectivity index (χ4n) is 1.70. The molecule has 0 spiro atoms. The van der Waals surface area contributed by atoms with Gasteiger partial charge >= 0.3 is 6.36 Å². The van der Waals surface area contributed by atoms with Gasteiger partial charge in [0.15, 0.2) is 11.5 Å². The van der Waals surface area contributed by atoms with Crippen LogP contribution in [0.1, 0.15) is 18.9 Å². The Balaban J connectivity index is 2.83. The summed E-state index contributed by atoms with van der Waals surface area (Å²) in [5.74, 6) is 4.19. The number of nitriles is 1. The minimum absolute atomic E-state index is 0.0364. The van der Waals surface area contributed by atoms with Crippen LogP contribution in [0.3, 0.4) is 0 Å². The highest BCUT2D eigenvalue weighted by atomic mass is 19.4. The molecule has 24 heavy (non-hydrogen) atoms. The van der Waals surface area contributed by atoms with E-state index in [0.717, 1.165) is 0 Å². The first-order valence-electron chi connectivity index (χ1n) is 6.90. The summed E-state index contributed by atoms with van der Waals surface area (Å²) in [4.78, 5) is 11.4. The van der Waals surface area contributed by atoms with Crippen molar-refractivity contribution in [2.75, 3.05) is 13.2 Å². The summed E-state index contributed by atoms with van der Waals surface area (Å²) < 4.78 is 46.6. The van der Waals surface area contributed by atoms with E-state index in [1.54, 1.807) is 13.0 Å². The van der Waals surface area contributed by atoms with Gasteiger partial charge < -0.3 is 14.8 Å². The van der Waals surface area contributed by atoms with E-state index in [1.165, 1.54) is 18.2 Å². The van der Waals surface area contributed by atoms with Crippen LogP contribution in [0, 0.1) is 23.2 Å². The number of nitrogens with zero attached hydrogens (tertiary/aromatic N) is 1. The third-order valence-corrected chi connectivity index (χ3v) is 2.72. The maximum Gasteiger partial charge on any atom is 0.573 e. The average molecular weight is 340 g/mol. The fourth-order valence-corrected chi connectivity index (χ4v) is 1.70. The molecule has 0 atom stereocenters. The van der Waals surface area contributed by atoms with Crippen LogP contribution in [0.4, 0.5) is 13.2 Å². The molecule has 1 aromatic rings. The summed E-state index contributed by atoms with van der Waals surface area (Å²) in [5.41, 5.74) is 0.468. The number of amides is 1. The molecule has 5 nitrogen and oxygen atoms in total. The van der Waals surface area contributed by atoms with Crippen molar-refractivity contribution < 1.29 is 27.4 Å². The number of rotatable bonds is 7. The summed E-state index contributed by atoms with van der Waals surface area (Å²) >= 11 is 0. The van der Waals surface area contributed by atoms with Gasteiger partial charge in [-0.1, -0.05) is 12.0 Å². The van der Waals surface area contributed by atoms with E-state index >= 15 is 0 Å². The van der Waals surface area contributed by atoms with E-state index in [-0.39, 0.29) is 37.6 Å². The molecule has 0 aromatic heterocycles. The van der Waals surface area contributed by atoms with E-state index in [1.807, 2.05) is 0 Å². The first kappa shape index (κ1) is 19.2. The first-order chi connectivity index (χ1) is 11.4. The van der Waals surface area contributed by atoms with Crippen LogP contribution >= 0.6 is 0 Å². The van der Waals surface area contributed by atoms with Crippen LogP contribution in [0.2, 0.25) is 0 Å². The Bertz CT molecular complexity index is 670. The van der Waals surface area contributed by atoms with Crippen molar-refractivity contribution in [3.63, 3.8) is 0 Å². The lowest BCUT2D eigenvalue weighted by atomic mass is 10.1.